The van der Waals surface area contributed by atoms with Crippen LogP contribution in [0.25, 0.3) is 0 Å². The van der Waals surface area contributed by atoms with Gasteiger partial charge in [-0.05, 0) is 12.1 Å². The molecule has 0 aliphatic carbocycles. The van der Waals surface area contributed by atoms with Crippen LogP contribution in [-0.4, -0.2) is 20.8 Å². The number of anilines is 1. The lowest BCUT2D eigenvalue weighted by molar-refractivity contribution is 0.251. The third kappa shape index (κ3) is 1.98. The number of hydrogen-bond acceptors (Lipinski definition) is 3. The highest BCUT2D eigenvalue weighted by atomic mass is 16.3. The molecule has 2 rings (SSSR count). The number of nitrogens with one attached hydrogen (secondary N) is 1. The Balaban J connectivity index is 2.54. The molecule has 0 saturated carbocycles. The zero-order valence-electron chi connectivity index (χ0n) is 8.70. The fraction of sp³-hybridized carbons (Fsp3) is 0. The van der Waals surface area contributed by atoms with E-state index in [0.29, 0.717) is 5.69 Å². The molecule has 1 heterocycles. The van der Waals surface area contributed by atoms with Crippen molar-refractivity contribution in [2.75, 3.05) is 5.01 Å². The lowest BCUT2D eigenvalue weighted by Gasteiger charge is -2.19. The largest absolute Gasteiger partial charge is 0.493 e. The van der Waals surface area contributed by atoms with Crippen molar-refractivity contribution >= 4 is 11.7 Å². The van der Waals surface area contributed by atoms with E-state index >= 15 is 0 Å². The van der Waals surface area contributed by atoms with Crippen LogP contribution in [0.4, 0.5) is 10.5 Å². The Labute approximate surface area is 95.7 Å². The molecule has 0 aliphatic heterocycles. The van der Waals surface area contributed by atoms with Crippen molar-refractivity contribution in [1.82, 2.24) is 9.66 Å². The summed E-state index contributed by atoms with van der Waals surface area (Å²) in [7, 11) is 0. The first-order valence-corrected chi connectivity index (χ1v) is 4.75. The molecule has 4 N–H and O–H groups in total. The van der Waals surface area contributed by atoms with Crippen LogP contribution in [0.15, 0.2) is 41.3 Å². The Bertz CT molecular complexity index is 587. The number of benzene rings is 1. The van der Waals surface area contributed by atoms with Gasteiger partial charge in [-0.2, -0.15) is 9.69 Å². The second kappa shape index (κ2) is 4.05. The van der Waals surface area contributed by atoms with Crippen molar-refractivity contribution in [1.29, 1.82) is 0 Å². The highest BCUT2D eigenvalue weighted by Crippen LogP contribution is 2.14. The summed E-state index contributed by atoms with van der Waals surface area (Å²) in [5.74, 6) is -0.350. The number of carbonyl (C=O) groups is 1. The highest BCUT2D eigenvalue weighted by molar-refractivity contribution is 5.90. The minimum atomic E-state index is -0.836. The van der Waals surface area contributed by atoms with Crippen molar-refractivity contribution in [3.63, 3.8) is 0 Å². The Kier molecular flexibility index (Phi) is 2.57. The molecule has 0 fully saturated rings. The third-order valence-electron chi connectivity index (χ3n) is 2.11. The Morgan fingerprint density at radius 1 is 1.35 bits per heavy atom. The van der Waals surface area contributed by atoms with Gasteiger partial charge in [0.1, 0.15) is 0 Å². The number of urea groups is 1. The quantitative estimate of drug-likeness (QED) is 0.692. The number of imidazole rings is 1. The van der Waals surface area contributed by atoms with E-state index in [1.54, 1.807) is 30.3 Å². The van der Waals surface area contributed by atoms with Crippen LogP contribution in [0.5, 0.6) is 5.88 Å². The van der Waals surface area contributed by atoms with Gasteiger partial charge in [0.2, 0.25) is 5.88 Å². The number of para-hydroxylation sites is 1. The van der Waals surface area contributed by atoms with Gasteiger partial charge in [-0.1, -0.05) is 18.2 Å². The van der Waals surface area contributed by atoms with E-state index in [1.165, 1.54) is 0 Å². The first-order chi connectivity index (χ1) is 8.09. The smallest absolute Gasteiger partial charge is 0.347 e. The molecular formula is C10H10N4O3. The molecule has 0 radical (unpaired) electrons. The van der Waals surface area contributed by atoms with Crippen molar-refractivity contribution in [2.45, 2.75) is 0 Å². The summed E-state index contributed by atoms with van der Waals surface area (Å²) in [5, 5.41) is 10.1. The monoisotopic (exact) mass is 234 g/mol. The second-order valence-corrected chi connectivity index (χ2v) is 3.27. The fourth-order valence-corrected chi connectivity index (χ4v) is 1.45. The van der Waals surface area contributed by atoms with E-state index in [4.69, 9.17) is 10.8 Å². The van der Waals surface area contributed by atoms with Crippen molar-refractivity contribution in [3.8, 4) is 5.88 Å². The predicted octanol–water partition coefficient (Wildman–Crippen LogP) is 0.230. The first kappa shape index (κ1) is 10.8. The maximum Gasteiger partial charge on any atom is 0.347 e. The highest BCUT2D eigenvalue weighted by Gasteiger charge is 2.17. The molecule has 88 valence electrons. The molecule has 1 aromatic heterocycles. The molecule has 0 unspecified atom stereocenters. The maximum atomic E-state index is 11.5. The molecule has 17 heavy (non-hydrogen) atoms. The van der Waals surface area contributed by atoms with Gasteiger partial charge >= 0.3 is 11.7 Å². The number of aromatic amines is 1. The molecule has 1 aromatic carbocycles. The standard InChI is InChI=1S/C10H10N4O3/c11-9(16)14(7-4-2-1-3-5-7)13-6-8(15)12-10(13)17/h1-6,15H,(H2,11,16)(H,12,17). The number of nitrogens with two attached hydrogens (primary N) is 1. The van der Waals surface area contributed by atoms with Gasteiger partial charge in [0.15, 0.2) is 0 Å². The van der Waals surface area contributed by atoms with Crippen LogP contribution in [-0.2, 0) is 0 Å². The molecule has 0 aliphatic rings. The minimum absolute atomic E-state index is 0.350. The van der Waals surface area contributed by atoms with Gasteiger partial charge in [0, 0.05) is 0 Å². The normalized spacial score (nSPS) is 10.1. The second-order valence-electron chi connectivity index (χ2n) is 3.27. The topological polar surface area (TPSA) is 104 Å². The summed E-state index contributed by atoms with van der Waals surface area (Å²) in [6.07, 6.45) is 1.07. The van der Waals surface area contributed by atoms with E-state index in [-0.39, 0.29) is 5.88 Å². The zero-order chi connectivity index (χ0) is 12.4. The van der Waals surface area contributed by atoms with Crippen LogP contribution >= 0.6 is 0 Å². The van der Waals surface area contributed by atoms with Crippen LogP contribution in [0.2, 0.25) is 0 Å². The molecule has 7 nitrogen and oxygen atoms in total. The lowest BCUT2D eigenvalue weighted by Crippen LogP contribution is -2.44. The van der Waals surface area contributed by atoms with E-state index in [1.807, 2.05) is 0 Å². The Hall–Kier alpha value is -2.70. The number of rotatable bonds is 2. The fourth-order valence-electron chi connectivity index (χ4n) is 1.45. The molecule has 7 heteroatoms. The Morgan fingerprint density at radius 3 is 2.47 bits per heavy atom. The third-order valence-corrected chi connectivity index (χ3v) is 2.11. The van der Waals surface area contributed by atoms with E-state index in [9.17, 15) is 9.59 Å². The van der Waals surface area contributed by atoms with Gasteiger partial charge in [0.25, 0.3) is 0 Å². The zero-order valence-corrected chi connectivity index (χ0v) is 8.70. The minimum Gasteiger partial charge on any atom is -0.493 e. The predicted molar refractivity (Wildman–Crippen MR) is 60.6 cm³/mol. The van der Waals surface area contributed by atoms with Crippen molar-refractivity contribution in [2.24, 2.45) is 5.73 Å². The number of amides is 2. The van der Waals surface area contributed by atoms with Gasteiger partial charge in [-0.3, -0.25) is 4.98 Å². The number of hydrogen-bond donors (Lipinski definition) is 3. The van der Waals surface area contributed by atoms with Gasteiger partial charge in [-0.15, -0.1) is 0 Å². The van der Waals surface area contributed by atoms with Crippen molar-refractivity contribution < 1.29 is 9.90 Å². The SMILES string of the molecule is NC(=O)N(c1ccccc1)n1cc(O)[nH]c1=O. The van der Waals surface area contributed by atoms with E-state index in [0.717, 1.165) is 15.9 Å². The molecule has 2 amide bonds. The number of H-pyrrole nitrogens is 1. The van der Waals surface area contributed by atoms with Gasteiger partial charge in [0.05, 0.1) is 11.9 Å². The van der Waals surface area contributed by atoms with Crippen LogP contribution in [0.1, 0.15) is 0 Å². The summed E-state index contributed by atoms with van der Waals surface area (Å²) in [6.45, 7) is 0. The summed E-state index contributed by atoms with van der Waals surface area (Å²) in [5.41, 5.74) is 4.97. The lowest BCUT2D eigenvalue weighted by atomic mass is 10.3. The number of primary amides is 1. The summed E-state index contributed by atoms with van der Waals surface area (Å²) >= 11 is 0. The molecule has 0 atom stereocenters. The van der Waals surface area contributed by atoms with E-state index in [2.05, 4.69) is 4.98 Å². The Morgan fingerprint density at radius 2 is 2.00 bits per heavy atom. The van der Waals surface area contributed by atoms with Crippen molar-refractivity contribution in [3.05, 3.63) is 47.0 Å². The summed E-state index contributed by atoms with van der Waals surface area (Å²) in [4.78, 5) is 24.9. The van der Waals surface area contributed by atoms with Gasteiger partial charge in [-0.25, -0.2) is 9.59 Å². The maximum absolute atomic E-state index is 11.5. The number of aromatic hydroxyl groups is 1. The summed E-state index contributed by atoms with van der Waals surface area (Å²) < 4.78 is 0.896. The molecule has 0 spiro atoms. The molecule has 0 bridgehead atoms. The molecule has 0 saturated heterocycles. The molecular weight excluding hydrogens is 224 g/mol. The number of carbonyl (C=O) groups excluding carboxylic acids is 1. The van der Waals surface area contributed by atoms with Gasteiger partial charge < -0.3 is 10.8 Å². The molecule has 2 aromatic rings. The average molecular weight is 234 g/mol. The van der Waals surface area contributed by atoms with E-state index < -0.39 is 11.7 Å². The average Bonchev–Trinajstić information content (AvgIpc) is 2.59. The number of nitrogens with zero attached hydrogens (tertiary/aromatic N) is 2. The number of aromatic nitrogens is 2. The van der Waals surface area contributed by atoms with Crippen LogP contribution in [0.3, 0.4) is 0 Å². The van der Waals surface area contributed by atoms with Crippen LogP contribution < -0.4 is 16.4 Å². The summed E-state index contributed by atoms with van der Waals surface area (Å²) in [6, 6.07) is 7.55. The van der Waals surface area contributed by atoms with Crippen LogP contribution in [0, 0.1) is 0 Å². The first-order valence-electron chi connectivity index (χ1n) is 4.75.